The standard InChI is InChI=1S/C20H23N3O3S3/c1-4-23(5-2)29(25,26)17-8-6-15(7-9-17)12-21-19(24)18-14(3)22-20(28-18)16-10-11-27-13-16/h6-11,13H,4-5,12H2,1-3H3,(H,21,24). The Kier molecular flexibility index (Phi) is 6.84. The van der Waals surface area contributed by atoms with Crippen LogP contribution in [0.1, 0.15) is 34.8 Å². The maximum atomic E-state index is 12.6. The van der Waals surface area contributed by atoms with Gasteiger partial charge in [0.05, 0.1) is 10.6 Å². The van der Waals surface area contributed by atoms with Gasteiger partial charge >= 0.3 is 0 Å². The lowest BCUT2D eigenvalue weighted by atomic mass is 10.2. The summed E-state index contributed by atoms with van der Waals surface area (Å²) >= 11 is 2.97. The summed E-state index contributed by atoms with van der Waals surface area (Å²) in [4.78, 5) is 17.9. The van der Waals surface area contributed by atoms with Gasteiger partial charge in [0, 0.05) is 30.6 Å². The van der Waals surface area contributed by atoms with Crippen molar-refractivity contribution in [2.24, 2.45) is 0 Å². The average Bonchev–Trinajstić information content (AvgIpc) is 3.37. The summed E-state index contributed by atoms with van der Waals surface area (Å²) in [5.41, 5.74) is 2.55. The lowest BCUT2D eigenvalue weighted by Crippen LogP contribution is -2.30. The number of nitrogens with one attached hydrogen (secondary N) is 1. The highest BCUT2D eigenvalue weighted by atomic mass is 32.2. The number of rotatable bonds is 8. The summed E-state index contributed by atoms with van der Waals surface area (Å²) in [5, 5.41) is 7.72. The average molecular weight is 450 g/mol. The van der Waals surface area contributed by atoms with E-state index in [1.807, 2.05) is 37.6 Å². The van der Waals surface area contributed by atoms with Crippen molar-refractivity contribution in [2.45, 2.75) is 32.2 Å². The van der Waals surface area contributed by atoms with E-state index in [4.69, 9.17) is 0 Å². The summed E-state index contributed by atoms with van der Waals surface area (Å²) in [6.45, 7) is 6.63. The van der Waals surface area contributed by atoms with Gasteiger partial charge in [0.2, 0.25) is 10.0 Å². The van der Waals surface area contributed by atoms with E-state index in [1.165, 1.54) is 15.6 Å². The van der Waals surface area contributed by atoms with Crippen molar-refractivity contribution >= 4 is 38.6 Å². The number of thiophene rings is 1. The molecule has 0 fully saturated rings. The second-order valence-electron chi connectivity index (χ2n) is 6.36. The molecule has 2 aromatic heterocycles. The van der Waals surface area contributed by atoms with E-state index in [0.29, 0.717) is 30.2 Å². The van der Waals surface area contributed by atoms with Crippen LogP contribution < -0.4 is 5.32 Å². The van der Waals surface area contributed by atoms with Crippen LogP contribution in [0.2, 0.25) is 0 Å². The molecule has 6 nitrogen and oxygen atoms in total. The van der Waals surface area contributed by atoms with Crippen molar-refractivity contribution in [1.29, 1.82) is 0 Å². The Morgan fingerprint density at radius 3 is 2.41 bits per heavy atom. The van der Waals surface area contributed by atoms with Crippen LogP contribution in [-0.4, -0.2) is 36.7 Å². The predicted octanol–water partition coefficient (Wildman–Crippen LogP) is 4.14. The van der Waals surface area contributed by atoms with Gasteiger partial charge < -0.3 is 5.32 Å². The Bertz CT molecular complexity index is 1070. The molecule has 1 amide bonds. The van der Waals surface area contributed by atoms with Crippen molar-refractivity contribution in [3.05, 3.63) is 57.2 Å². The zero-order valence-corrected chi connectivity index (χ0v) is 19.0. The first-order chi connectivity index (χ1) is 13.9. The molecule has 1 N–H and O–H groups in total. The molecule has 0 spiro atoms. The normalized spacial score (nSPS) is 11.7. The van der Waals surface area contributed by atoms with E-state index in [0.717, 1.165) is 16.1 Å². The number of hydrogen-bond acceptors (Lipinski definition) is 6. The zero-order chi connectivity index (χ0) is 21.0. The quantitative estimate of drug-likeness (QED) is 0.560. The van der Waals surface area contributed by atoms with Gasteiger partial charge in [0.25, 0.3) is 5.91 Å². The second kappa shape index (κ2) is 9.17. The third-order valence-corrected chi connectivity index (χ3v) is 8.44. The van der Waals surface area contributed by atoms with Crippen LogP contribution in [0, 0.1) is 6.92 Å². The van der Waals surface area contributed by atoms with Crippen molar-refractivity contribution in [1.82, 2.24) is 14.6 Å². The third-order valence-electron chi connectivity index (χ3n) is 4.49. The molecule has 3 rings (SSSR count). The van der Waals surface area contributed by atoms with Gasteiger partial charge in [-0.25, -0.2) is 13.4 Å². The molecule has 0 saturated heterocycles. The maximum Gasteiger partial charge on any atom is 0.263 e. The SMILES string of the molecule is CCN(CC)S(=O)(=O)c1ccc(CNC(=O)c2sc(-c3ccsc3)nc2C)cc1. The third kappa shape index (κ3) is 4.75. The van der Waals surface area contributed by atoms with Crippen molar-refractivity contribution < 1.29 is 13.2 Å². The molecule has 9 heteroatoms. The van der Waals surface area contributed by atoms with E-state index in [-0.39, 0.29) is 10.8 Å². The van der Waals surface area contributed by atoms with Crippen molar-refractivity contribution in [2.75, 3.05) is 13.1 Å². The first kappa shape index (κ1) is 21.6. The van der Waals surface area contributed by atoms with E-state index in [1.54, 1.807) is 35.6 Å². The topological polar surface area (TPSA) is 79.4 Å². The minimum atomic E-state index is -3.48. The molecule has 1 aromatic carbocycles. The van der Waals surface area contributed by atoms with E-state index in [2.05, 4.69) is 10.3 Å². The van der Waals surface area contributed by atoms with Gasteiger partial charge in [-0.2, -0.15) is 15.6 Å². The van der Waals surface area contributed by atoms with Crippen molar-refractivity contribution in [3.8, 4) is 10.6 Å². The van der Waals surface area contributed by atoms with Crippen LogP contribution in [-0.2, 0) is 16.6 Å². The number of carbonyl (C=O) groups is 1. The van der Waals surface area contributed by atoms with E-state index in [9.17, 15) is 13.2 Å². The van der Waals surface area contributed by atoms with Gasteiger partial charge in [0.15, 0.2) is 0 Å². The maximum absolute atomic E-state index is 12.6. The number of sulfonamides is 1. The molecule has 29 heavy (non-hydrogen) atoms. The summed E-state index contributed by atoms with van der Waals surface area (Å²) in [6, 6.07) is 8.61. The second-order valence-corrected chi connectivity index (χ2v) is 10.1. The molecule has 0 saturated carbocycles. The minimum absolute atomic E-state index is 0.179. The molecular formula is C20H23N3O3S3. The Balaban J connectivity index is 1.67. The highest BCUT2D eigenvalue weighted by molar-refractivity contribution is 7.89. The number of carbonyl (C=O) groups excluding carboxylic acids is 1. The lowest BCUT2D eigenvalue weighted by molar-refractivity contribution is 0.0954. The van der Waals surface area contributed by atoms with Crippen LogP contribution >= 0.6 is 22.7 Å². The van der Waals surface area contributed by atoms with Crippen LogP contribution in [0.3, 0.4) is 0 Å². The van der Waals surface area contributed by atoms with Gasteiger partial charge in [-0.3, -0.25) is 4.79 Å². The van der Waals surface area contributed by atoms with E-state index >= 15 is 0 Å². The van der Waals surface area contributed by atoms with E-state index < -0.39 is 10.0 Å². The Morgan fingerprint density at radius 2 is 1.83 bits per heavy atom. The molecule has 0 unspecified atom stereocenters. The fourth-order valence-electron chi connectivity index (χ4n) is 2.87. The molecule has 2 heterocycles. The van der Waals surface area contributed by atoms with Crippen LogP contribution in [0.15, 0.2) is 46.0 Å². The molecular weight excluding hydrogens is 426 g/mol. The monoisotopic (exact) mass is 449 g/mol. The van der Waals surface area contributed by atoms with Crippen LogP contribution in [0.5, 0.6) is 0 Å². The Morgan fingerprint density at radius 1 is 1.14 bits per heavy atom. The number of amides is 1. The number of hydrogen-bond donors (Lipinski definition) is 1. The van der Waals surface area contributed by atoms with Crippen LogP contribution in [0.4, 0.5) is 0 Å². The summed E-state index contributed by atoms with van der Waals surface area (Å²) in [7, 11) is -3.48. The molecule has 0 bridgehead atoms. The number of benzene rings is 1. The van der Waals surface area contributed by atoms with Gasteiger partial charge in [0.1, 0.15) is 9.88 Å². The number of aromatic nitrogens is 1. The smallest absolute Gasteiger partial charge is 0.263 e. The van der Waals surface area contributed by atoms with Gasteiger partial charge in [-0.1, -0.05) is 26.0 Å². The lowest BCUT2D eigenvalue weighted by Gasteiger charge is -2.18. The summed E-state index contributed by atoms with van der Waals surface area (Å²) in [6.07, 6.45) is 0. The molecule has 154 valence electrons. The number of nitrogens with zero attached hydrogens (tertiary/aromatic N) is 2. The molecule has 0 radical (unpaired) electrons. The molecule has 0 atom stereocenters. The van der Waals surface area contributed by atoms with Crippen molar-refractivity contribution in [3.63, 3.8) is 0 Å². The van der Waals surface area contributed by atoms with Gasteiger partial charge in [-0.15, -0.1) is 11.3 Å². The predicted molar refractivity (Wildman–Crippen MR) is 118 cm³/mol. The fraction of sp³-hybridized carbons (Fsp3) is 0.300. The molecule has 0 aliphatic carbocycles. The first-order valence-electron chi connectivity index (χ1n) is 9.24. The Labute approximate surface area is 179 Å². The van der Waals surface area contributed by atoms with Gasteiger partial charge in [-0.05, 0) is 36.1 Å². The zero-order valence-electron chi connectivity index (χ0n) is 16.5. The molecule has 0 aliphatic heterocycles. The first-order valence-corrected chi connectivity index (χ1v) is 12.4. The minimum Gasteiger partial charge on any atom is -0.347 e. The van der Waals surface area contributed by atoms with Crippen LogP contribution in [0.25, 0.3) is 10.6 Å². The Hall–Kier alpha value is -2.07. The highest BCUT2D eigenvalue weighted by Crippen LogP contribution is 2.29. The highest BCUT2D eigenvalue weighted by Gasteiger charge is 2.21. The largest absolute Gasteiger partial charge is 0.347 e. The summed E-state index contributed by atoms with van der Waals surface area (Å²) in [5.74, 6) is -0.179. The molecule has 0 aliphatic rings. The summed E-state index contributed by atoms with van der Waals surface area (Å²) < 4.78 is 26.5. The number of aryl methyl sites for hydroxylation is 1. The number of thiazole rings is 1. The molecule has 3 aromatic rings. The fourth-order valence-corrected chi connectivity index (χ4v) is 6.02.